The molecule has 2 fully saturated rings. The largest absolute Gasteiger partial charge is 0.328 e. The Hall–Kier alpha value is 0.270. The first kappa shape index (κ1) is 11.7. The molecule has 0 aromatic carbocycles. The Morgan fingerprint density at radius 1 is 1.00 bits per heavy atom. The highest BCUT2D eigenvalue weighted by Gasteiger charge is 2.27. The van der Waals surface area contributed by atoms with Gasteiger partial charge in [0, 0.05) is 17.3 Å². The molecule has 0 radical (unpaired) electrons. The van der Waals surface area contributed by atoms with Crippen LogP contribution in [0.5, 0.6) is 0 Å². The number of nitrogens with two attached hydrogens (primary N) is 1. The second kappa shape index (κ2) is 5.55. The Kier molecular flexibility index (Phi) is 4.35. The molecule has 1 aliphatic carbocycles. The first-order chi connectivity index (χ1) is 7.29. The summed E-state index contributed by atoms with van der Waals surface area (Å²) >= 11 is 2.06. The molecule has 1 saturated heterocycles. The zero-order valence-corrected chi connectivity index (χ0v) is 10.6. The molecule has 3 heteroatoms. The molecular formula is C12H24N2S. The summed E-state index contributed by atoms with van der Waals surface area (Å²) in [4.78, 5) is 2.69. The van der Waals surface area contributed by atoms with Crippen LogP contribution in [-0.2, 0) is 0 Å². The van der Waals surface area contributed by atoms with Crippen molar-refractivity contribution in [3.05, 3.63) is 0 Å². The van der Waals surface area contributed by atoms with E-state index in [1.54, 1.807) is 0 Å². The normalized spacial score (nSPS) is 35.6. The number of thioether (sulfide) groups is 1. The fourth-order valence-electron chi connectivity index (χ4n) is 2.93. The highest BCUT2D eigenvalue weighted by Crippen LogP contribution is 2.30. The lowest BCUT2D eigenvalue weighted by atomic mass is 9.92. The zero-order chi connectivity index (χ0) is 10.7. The maximum atomic E-state index is 5.94. The predicted octanol–water partition coefficient (Wildman–Crippen LogP) is 2.08. The topological polar surface area (TPSA) is 29.3 Å². The minimum Gasteiger partial charge on any atom is -0.328 e. The highest BCUT2D eigenvalue weighted by atomic mass is 32.2. The van der Waals surface area contributed by atoms with E-state index in [1.165, 1.54) is 51.6 Å². The van der Waals surface area contributed by atoms with Crippen molar-refractivity contribution < 1.29 is 0 Å². The van der Waals surface area contributed by atoms with E-state index in [2.05, 4.69) is 22.9 Å². The molecule has 15 heavy (non-hydrogen) atoms. The number of rotatable bonds is 2. The minimum absolute atomic E-state index is 0.476. The van der Waals surface area contributed by atoms with Gasteiger partial charge in [-0.25, -0.2) is 0 Å². The predicted molar refractivity (Wildman–Crippen MR) is 68.3 cm³/mol. The van der Waals surface area contributed by atoms with Gasteiger partial charge in [0.25, 0.3) is 0 Å². The van der Waals surface area contributed by atoms with Crippen LogP contribution in [-0.4, -0.2) is 41.6 Å². The molecule has 88 valence electrons. The smallest absolute Gasteiger partial charge is 0.00960 e. The number of likely N-dealkylation sites (tertiary alicyclic amines) is 1. The van der Waals surface area contributed by atoms with Crippen molar-refractivity contribution in [2.75, 3.05) is 19.3 Å². The molecule has 0 atom stereocenters. The van der Waals surface area contributed by atoms with Crippen molar-refractivity contribution in [1.82, 2.24) is 4.90 Å². The number of piperidine rings is 1. The molecule has 0 spiro atoms. The lowest BCUT2D eigenvalue weighted by Gasteiger charge is -2.40. The molecule has 1 aliphatic heterocycles. The van der Waals surface area contributed by atoms with Crippen LogP contribution in [0.4, 0.5) is 0 Å². The van der Waals surface area contributed by atoms with Crippen LogP contribution in [0.1, 0.15) is 38.5 Å². The van der Waals surface area contributed by atoms with Gasteiger partial charge >= 0.3 is 0 Å². The summed E-state index contributed by atoms with van der Waals surface area (Å²) in [5.41, 5.74) is 5.94. The summed E-state index contributed by atoms with van der Waals surface area (Å²) in [6, 6.07) is 1.35. The van der Waals surface area contributed by atoms with Crippen LogP contribution in [0.15, 0.2) is 0 Å². The van der Waals surface area contributed by atoms with E-state index < -0.39 is 0 Å². The first-order valence-electron chi connectivity index (χ1n) is 6.32. The fourth-order valence-corrected chi connectivity index (χ4v) is 3.67. The van der Waals surface area contributed by atoms with Crippen LogP contribution < -0.4 is 5.73 Å². The fraction of sp³-hybridized carbons (Fsp3) is 1.00. The first-order valence-corrected chi connectivity index (χ1v) is 7.61. The van der Waals surface area contributed by atoms with Crippen LogP contribution in [0.3, 0.4) is 0 Å². The zero-order valence-electron chi connectivity index (χ0n) is 9.82. The molecule has 0 aromatic rings. The minimum atomic E-state index is 0.476. The molecule has 2 nitrogen and oxygen atoms in total. The molecule has 2 aliphatic rings. The maximum absolute atomic E-state index is 5.94. The van der Waals surface area contributed by atoms with Gasteiger partial charge in [-0.05, 0) is 57.9 Å². The van der Waals surface area contributed by atoms with Crippen molar-refractivity contribution in [2.45, 2.75) is 55.9 Å². The number of hydrogen-bond acceptors (Lipinski definition) is 3. The molecule has 2 rings (SSSR count). The third-order valence-corrected chi connectivity index (χ3v) is 5.21. The lowest BCUT2D eigenvalue weighted by molar-refractivity contribution is 0.124. The van der Waals surface area contributed by atoms with E-state index >= 15 is 0 Å². The van der Waals surface area contributed by atoms with Gasteiger partial charge in [-0.1, -0.05) is 0 Å². The number of hydrogen-bond donors (Lipinski definition) is 1. The molecule has 0 aromatic heterocycles. The van der Waals surface area contributed by atoms with Crippen LogP contribution in [0.25, 0.3) is 0 Å². The SMILES string of the molecule is CSC1CCC(N2CCC(N)CC2)CC1. The molecule has 0 bridgehead atoms. The summed E-state index contributed by atoms with van der Waals surface area (Å²) in [6.45, 7) is 2.49. The third kappa shape index (κ3) is 3.11. The third-order valence-electron chi connectivity index (χ3n) is 4.07. The van der Waals surface area contributed by atoms with E-state index in [4.69, 9.17) is 5.73 Å². The average Bonchev–Trinajstić information content (AvgIpc) is 2.30. The van der Waals surface area contributed by atoms with Gasteiger partial charge in [-0.2, -0.15) is 11.8 Å². The maximum Gasteiger partial charge on any atom is 0.00960 e. The van der Waals surface area contributed by atoms with Crippen molar-refractivity contribution in [2.24, 2.45) is 5.73 Å². The van der Waals surface area contributed by atoms with Gasteiger partial charge in [0.05, 0.1) is 0 Å². The molecule has 0 amide bonds. The van der Waals surface area contributed by atoms with E-state index in [-0.39, 0.29) is 0 Å². The molecular weight excluding hydrogens is 204 g/mol. The van der Waals surface area contributed by atoms with Gasteiger partial charge in [0.1, 0.15) is 0 Å². The summed E-state index contributed by atoms with van der Waals surface area (Å²) in [5, 5.41) is 0.938. The average molecular weight is 228 g/mol. The highest BCUT2D eigenvalue weighted by molar-refractivity contribution is 7.99. The van der Waals surface area contributed by atoms with Gasteiger partial charge in [0.15, 0.2) is 0 Å². The standard InChI is InChI=1S/C12H24N2S/c1-15-12-4-2-11(3-5-12)14-8-6-10(13)7-9-14/h10-12H,2-9,13H2,1H3. The van der Waals surface area contributed by atoms with E-state index in [1.807, 2.05) is 0 Å². The van der Waals surface area contributed by atoms with Gasteiger partial charge in [-0.15, -0.1) is 0 Å². The van der Waals surface area contributed by atoms with Crippen molar-refractivity contribution in [3.63, 3.8) is 0 Å². The summed E-state index contributed by atoms with van der Waals surface area (Å²) in [6.07, 6.45) is 10.4. The lowest BCUT2D eigenvalue weighted by Crippen LogP contribution is -2.46. The van der Waals surface area contributed by atoms with E-state index in [0.29, 0.717) is 6.04 Å². The van der Waals surface area contributed by atoms with Crippen LogP contribution >= 0.6 is 11.8 Å². The van der Waals surface area contributed by atoms with Crippen LogP contribution in [0.2, 0.25) is 0 Å². The van der Waals surface area contributed by atoms with E-state index in [9.17, 15) is 0 Å². The summed E-state index contributed by atoms with van der Waals surface area (Å²) in [7, 11) is 0. The van der Waals surface area contributed by atoms with Gasteiger partial charge < -0.3 is 10.6 Å². The quantitative estimate of drug-likeness (QED) is 0.784. The Bertz CT molecular complexity index is 182. The second-order valence-electron chi connectivity index (χ2n) is 5.04. The molecule has 0 unspecified atom stereocenters. The van der Waals surface area contributed by atoms with E-state index in [0.717, 1.165) is 11.3 Å². The monoisotopic (exact) mass is 228 g/mol. The summed E-state index contributed by atoms with van der Waals surface area (Å²) in [5.74, 6) is 0. The number of nitrogens with zero attached hydrogens (tertiary/aromatic N) is 1. The molecule has 2 N–H and O–H groups in total. The van der Waals surface area contributed by atoms with Crippen LogP contribution in [0, 0.1) is 0 Å². The van der Waals surface area contributed by atoms with Crippen molar-refractivity contribution in [3.8, 4) is 0 Å². The Balaban J connectivity index is 1.75. The Morgan fingerprint density at radius 2 is 1.60 bits per heavy atom. The molecule has 1 heterocycles. The van der Waals surface area contributed by atoms with Gasteiger partial charge in [-0.3, -0.25) is 0 Å². The second-order valence-corrected chi connectivity index (χ2v) is 6.18. The Morgan fingerprint density at radius 3 is 2.13 bits per heavy atom. The summed E-state index contributed by atoms with van der Waals surface area (Å²) < 4.78 is 0. The van der Waals surface area contributed by atoms with Gasteiger partial charge in [0.2, 0.25) is 0 Å². The molecule has 1 saturated carbocycles. The van der Waals surface area contributed by atoms with Crippen molar-refractivity contribution >= 4 is 11.8 Å². The Labute approximate surface area is 98.0 Å². The van der Waals surface area contributed by atoms with Crippen molar-refractivity contribution in [1.29, 1.82) is 0 Å².